The first-order chi connectivity index (χ1) is 12.6. The number of terminal acetylenes is 1. The molecule has 2 amide bonds. The first kappa shape index (κ1) is 18.1. The highest BCUT2D eigenvalue weighted by Crippen LogP contribution is 2.36. The van der Waals surface area contributed by atoms with Crippen LogP contribution in [0.25, 0.3) is 0 Å². The van der Waals surface area contributed by atoms with Crippen molar-refractivity contribution in [3.63, 3.8) is 0 Å². The smallest absolute Gasteiger partial charge is 0.251 e. The normalized spacial score (nSPS) is 22.4. The molecule has 1 aliphatic heterocycles. The minimum absolute atomic E-state index is 0.00592. The molecule has 136 valence electrons. The summed E-state index contributed by atoms with van der Waals surface area (Å²) in [7, 11) is 0. The Labute approximate surface area is 153 Å². The van der Waals surface area contributed by atoms with Crippen LogP contribution in [-0.4, -0.2) is 30.1 Å². The minimum atomic E-state index is -0.379. The van der Waals surface area contributed by atoms with E-state index >= 15 is 0 Å². The third kappa shape index (κ3) is 4.48. The molecule has 0 bridgehead atoms. The number of benzene rings is 1. The monoisotopic (exact) mass is 352 g/mol. The zero-order valence-corrected chi connectivity index (χ0v) is 14.8. The number of carbonyl (C=O) groups excluding carboxylic acids is 2. The number of hydrogen-bond acceptors (Lipinski definition) is 4. The molecular weight excluding hydrogens is 328 g/mol. The Kier molecular flexibility index (Phi) is 5.67. The Morgan fingerprint density at radius 1 is 1.19 bits per heavy atom. The number of carbonyl (C=O) groups is 2. The summed E-state index contributed by atoms with van der Waals surface area (Å²) in [5.74, 6) is 2.28. The van der Waals surface area contributed by atoms with Gasteiger partial charge >= 0.3 is 0 Å². The highest BCUT2D eigenvalue weighted by atomic mass is 16.2. The quantitative estimate of drug-likeness (QED) is 0.705. The van der Waals surface area contributed by atoms with Gasteiger partial charge in [-0.2, -0.15) is 10.2 Å². The SMILES string of the molecule is C#CCCC1(CCNC(=O)C2CCCC2NC(=O)c2ccccc2)N=N1. The van der Waals surface area contributed by atoms with E-state index in [0.717, 1.165) is 25.7 Å². The van der Waals surface area contributed by atoms with Crippen molar-refractivity contribution < 1.29 is 9.59 Å². The minimum Gasteiger partial charge on any atom is -0.356 e. The van der Waals surface area contributed by atoms with Gasteiger partial charge in [-0.25, -0.2) is 0 Å². The van der Waals surface area contributed by atoms with Crippen LogP contribution in [0.4, 0.5) is 0 Å². The fraction of sp³-hybridized carbons (Fsp3) is 0.500. The van der Waals surface area contributed by atoms with Gasteiger partial charge in [0.05, 0.1) is 5.92 Å². The van der Waals surface area contributed by atoms with E-state index in [0.29, 0.717) is 24.9 Å². The highest BCUT2D eigenvalue weighted by molar-refractivity contribution is 5.94. The van der Waals surface area contributed by atoms with Crippen LogP contribution in [0, 0.1) is 18.3 Å². The van der Waals surface area contributed by atoms with Gasteiger partial charge in [0.2, 0.25) is 5.91 Å². The molecule has 6 nitrogen and oxygen atoms in total. The molecule has 1 aromatic carbocycles. The first-order valence-electron chi connectivity index (χ1n) is 9.15. The van der Waals surface area contributed by atoms with Gasteiger partial charge in [-0.15, -0.1) is 12.3 Å². The molecule has 0 radical (unpaired) electrons. The zero-order valence-electron chi connectivity index (χ0n) is 14.8. The lowest BCUT2D eigenvalue weighted by Crippen LogP contribution is -2.44. The van der Waals surface area contributed by atoms with E-state index in [4.69, 9.17) is 6.42 Å². The molecule has 2 unspecified atom stereocenters. The average molecular weight is 352 g/mol. The molecule has 0 spiro atoms. The summed E-state index contributed by atoms with van der Waals surface area (Å²) < 4.78 is 0. The fourth-order valence-corrected chi connectivity index (χ4v) is 3.47. The molecule has 1 heterocycles. The van der Waals surface area contributed by atoms with Crippen molar-refractivity contribution in [2.45, 2.75) is 50.2 Å². The Bertz CT molecular complexity index is 717. The summed E-state index contributed by atoms with van der Waals surface area (Å²) in [4.78, 5) is 24.9. The van der Waals surface area contributed by atoms with Crippen molar-refractivity contribution in [3.8, 4) is 12.3 Å². The van der Waals surface area contributed by atoms with Crippen LogP contribution in [-0.2, 0) is 4.79 Å². The molecule has 1 fully saturated rings. The summed E-state index contributed by atoms with van der Waals surface area (Å²) in [6.45, 7) is 0.520. The van der Waals surface area contributed by atoms with Crippen molar-refractivity contribution in [1.29, 1.82) is 0 Å². The molecule has 1 saturated carbocycles. The Balaban J connectivity index is 1.46. The van der Waals surface area contributed by atoms with E-state index in [2.05, 4.69) is 26.8 Å². The number of nitrogens with one attached hydrogen (secondary N) is 2. The summed E-state index contributed by atoms with van der Waals surface area (Å²) in [6, 6.07) is 8.97. The topological polar surface area (TPSA) is 82.9 Å². The van der Waals surface area contributed by atoms with E-state index in [1.54, 1.807) is 12.1 Å². The van der Waals surface area contributed by atoms with E-state index in [9.17, 15) is 9.59 Å². The van der Waals surface area contributed by atoms with Gasteiger partial charge in [-0.05, 0) is 25.0 Å². The second kappa shape index (κ2) is 8.13. The van der Waals surface area contributed by atoms with Gasteiger partial charge in [-0.1, -0.05) is 24.6 Å². The summed E-state index contributed by atoms with van der Waals surface area (Å²) in [5, 5.41) is 14.1. The van der Waals surface area contributed by atoms with Crippen molar-refractivity contribution in [2.24, 2.45) is 16.1 Å². The van der Waals surface area contributed by atoms with Crippen molar-refractivity contribution in [2.75, 3.05) is 6.54 Å². The van der Waals surface area contributed by atoms with E-state index < -0.39 is 0 Å². The van der Waals surface area contributed by atoms with Crippen LogP contribution in [0.3, 0.4) is 0 Å². The molecule has 0 aromatic heterocycles. The van der Waals surface area contributed by atoms with Crippen molar-refractivity contribution >= 4 is 11.8 Å². The van der Waals surface area contributed by atoms with Gasteiger partial charge in [0.15, 0.2) is 5.66 Å². The van der Waals surface area contributed by atoms with Gasteiger partial charge in [-0.3, -0.25) is 9.59 Å². The predicted molar refractivity (Wildman–Crippen MR) is 98.3 cm³/mol. The molecule has 3 rings (SSSR count). The van der Waals surface area contributed by atoms with Gasteiger partial charge in [0.25, 0.3) is 5.91 Å². The van der Waals surface area contributed by atoms with Gasteiger partial charge in [0.1, 0.15) is 0 Å². The number of nitrogens with zero attached hydrogens (tertiary/aromatic N) is 2. The molecule has 0 saturated heterocycles. The number of amides is 2. The van der Waals surface area contributed by atoms with Crippen LogP contribution < -0.4 is 10.6 Å². The molecule has 1 aromatic rings. The Hall–Kier alpha value is -2.68. The highest BCUT2D eigenvalue weighted by Gasteiger charge is 2.39. The molecule has 1 aliphatic carbocycles. The second-order valence-corrected chi connectivity index (χ2v) is 6.91. The lowest BCUT2D eigenvalue weighted by Gasteiger charge is -2.21. The van der Waals surface area contributed by atoms with Crippen molar-refractivity contribution in [3.05, 3.63) is 35.9 Å². The van der Waals surface area contributed by atoms with Gasteiger partial charge in [0, 0.05) is 37.4 Å². The fourth-order valence-electron chi connectivity index (χ4n) is 3.47. The third-order valence-corrected chi connectivity index (χ3v) is 5.08. The summed E-state index contributed by atoms with van der Waals surface area (Å²) >= 11 is 0. The Morgan fingerprint density at radius 2 is 1.96 bits per heavy atom. The van der Waals surface area contributed by atoms with Crippen LogP contribution in [0.15, 0.2) is 40.6 Å². The molecule has 2 aliphatic rings. The van der Waals surface area contributed by atoms with E-state index in [-0.39, 0.29) is 29.4 Å². The maximum atomic E-state index is 12.5. The predicted octanol–water partition coefficient (Wildman–Crippen LogP) is 2.67. The molecule has 2 atom stereocenters. The number of hydrogen-bond donors (Lipinski definition) is 2. The molecular formula is C20H24N4O2. The summed E-state index contributed by atoms with van der Waals surface area (Å²) in [6.07, 6.45) is 9.89. The van der Waals surface area contributed by atoms with Crippen molar-refractivity contribution in [1.82, 2.24) is 10.6 Å². The average Bonchev–Trinajstić information content (AvgIpc) is 3.28. The molecule has 6 heteroatoms. The zero-order chi connectivity index (χ0) is 18.4. The first-order valence-corrected chi connectivity index (χ1v) is 9.15. The molecule has 26 heavy (non-hydrogen) atoms. The van der Waals surface area contributed by atoms with E-state index in [1.165, 1.54) is 0 Å². The van der Waals surface area contributed by atoms with Crippen LogP contribution in [0.5, 0.6) is 0 Å². The molecule has 2 N–H and O–H groups in total. The lowest BCUT2D eigenvalue weighted by molar-refractivity contribution is -0.125. The lowest BCUT2D eigenvalue weighted by atomic mass is 10.0. The van der Waals surface area contributed by atoms with Crippen LogP contribution >= 0.6 is 0 Å². The summed E-state index contributed by atoms with van der Waals surface area (Å²) in [5.41, 5.74) is 0.238. The third-order valence-electron chi connectivity index (χ3n) is 5.08. The maximum absolute atomic E-state index is 12.5. The van der Waals surface area contributed by atoms with Gasteiger partial charge < -0.3 is 10.6 Å². The standard InChI is InChI=1S/C20H24N4O2/c1-2-3-12-20(23-24-20)13-14-21-19(26)16-10-7-11-17(16)22-18(25)15-8-5-4-6-9-15/h1,4-6,8-9,16-17H,3,7,10-14H2,(H,21,26)(H,22,25). The number of rotatable bonds is 8. The Morgan fingerprint density at radius 3 is 2.65 bits per heavy atom. The maximum Gasteiger partial charge on any atom is 0.251 e. The second-order valence-electron chi connectivity index (χ2n) is 6.91. The van der Waals surface area contributed by atoms with Crippen LogP contribution in [0.2, 0.25) is 0 Å². The van der Waals surface area contributed by atoms with Crippen LogP contribution in [0.1, 0.15) is 48.9 Å². The largest absolute Gasteiger partial charge is 0.356 e. The van der Waals surface area contributed by atoms with E-state index in [1.807, 2.05) is 18.2 Å².